The van der Waals surface area contributed by atoms with Crippen LogP contribution in [-0.4, -0.2) is 12.8 Å². The van der Waals surface area contributed by atoms with Crippen molar-refractivity contribution in [3.63, 3.8) is 0 Å². The second-order valence-electron chi connectivity index (χ2n) is 5.38. The van der Waals surface area contributed by atoms with Crippen LogP contribution >= 0.6 is 0 Å². The summed E-state index contributed by atoms with van der Waals surface area (Å²) in [5.41, 5.74) is 1.24. The van der Waals surface area contributed by atoms with E-state index in [0.29, 0.717) is 13.1 Å². The summed E-state index contributed by atoms with van der Waals surface area (Å²) in [6, 6.07) is 19.5. The third-order valence-electron chi connectivity index (χ3n) is 4.16. The molecule has 102 valence electrons. The van der Waals surface area contributed by atoms with Gasteiger partial charge in [-0.15, -0.1) is 0 Å². The summed E-state index contributed by atoms with van der Waals surface area (Å²) >= 11 is 0. The van der Waals surface area contributed by atoms with Crippen LogP contribution in [0.4, 0.5) is 0 Å². The molecule has 0 bridgehead atoms. The Kier molecular flexibility index (Phi) is 2.83. The standard InChI is InChI=1S/C19H15NO/c21-11-10-20-12-16-7-6-15-5-4-13-2-1-3-14-8-9-17(16)19(15)18(13)14/h1-9,11,20H,10,12H2. The highest BCUT2D eigenvalue weighted by Crippen LogP contribution is 2.35. The van der Waals surface area contributed by atoms with E-state index in [4.69, 9.17) is 0 Å². The van der Waals surface area contributed by atoms with Crippen LogP contribution in [0.2, 0.25) is 0 Å². The quantitative estimate of drug-likeness (QED) is 0.347. The van der Waals surface area contributed by atoms with Crippen LogP contribution < -0.4 is 5.32 Å². The van der Waals surface area contributed by atoms with Gasteiger partial charge in [0, 0.05) is 6.54 Å². The number of nitrogens with one attached hydrogen (secondary N) is 1. The lowest BCUT2D eigenvalue weighted by atomic mass is 9.92. The normalized spacial score (nSPS) is 11.6. The molecule has 0 aliphatic heterocycles. The lowest BCUT2D eigenvalue weighted by molar-refractivity contribution is -0.107. The van der Waals surface area contributed by atoms with E-state index >= 15 is 0 Å². The van der Waals surface area contributed by atoms with Crippen LogP contribution in [0, 0.1) is 0 Å². The lowest BCUT2D eigenvalue weighted by Gasteiger charge is -2.13. The Morgan fingerprint density at radius 3 is 2.24 bits per heavy atom. The molecule has 4 aromatic carbocycles. The molecule has 2 heteroatoms. The Morgan fingerprint density at radius 1 is 0.810 bits per heavy atom. The average molecular weight is 273 g/mol. The van der Waals surface area contributed by atoms with Gasteiger partial charge in [0.1, 0.15) is 6.29 Å². The van der Waals surface area contributed by atoms with E-state index < -0.39 is 0 Å². The van der Waals surface area contributed by atoms with Crippen LogP contribution in [0.15, 0.2) is 54.6 Å². The number of aldehydes is 1. The first-order chi connectivity index (χ1) is 10.4. The average Bonchev–Trinajstić information content (AvgIpc) is 2.54. The van der Waals surface area contributed by atoms with E-state index in [-0.39, 0.29) is 0 Å². The van der Waals surface area contributed by atoms with Gasteiger partial charge in [0.2, 0.25) is 0 Å². The number of carbonyl (C=O) groups excluding carboxylic acids is 1. The van der Waals surface area contributed by atoms with E-state index in [9.17, 15) is 4.79 Å². The molecule has 0 saturated carbocycles. The van der Waals surface area contributed by atoms with Gasteiger partial charge in [-0.05, 0) is 37.9 Å². The number of hydrogen-bond acceptors (Lipinski definition) is 2. The fourth-order valence-electron chi connectivity index (χ4n) is 3.22. The second kappa shape index (κ2) is 4.83. The SMILES string of the molecule is O=CCNCc1ccc2ccc3cccc4ccc1c2c34. The summed E-state index contributed by atoms with van der Waals surface area (Å²) in [4.78, 5) is 10.5. The third kappa shape index (κ3) is 1.88. The minimum Gasteiger partial charge on any atom is -0.306 e. The van der Waals surface area contributed by atoms with Crippen molar-refractivity contribution in [2.45, 2.75) is 6.54 Å². The summed E-state index contributed by atoms with van der Waals surface area (Å²) < 4.78 is 0. The summed E-state index contributed by atoms with van der Waals surface area (Å²) in [5.74, 6) is 0. The molecule has 0 aliphatic rings. The van der Waals surface area contributed by atoms with Gasteiger partial charge in [-0.3, -0.25) is 0 Å². The zero-order valence-electron chi connectivity index (χ0n) is 11.6. The van der Waals surface area contributed by atoms with Gasteiger partial charge in [-0.25, -0.2) is 0 Å². The maximum Gasteiger partial charge on any atom is 0.133 e. The van der Waals surface area contributed by atoms with Crippen molar-refractivity contribution in [2.24, 2.45) is 0 Å². The zero-order chi connectivity index (χ0) is 14.2. The Balaban J connectivity index is 2.03. The van der Waals surface area contributed by atoms with Crippen LogP contribution in [0.5, 0.6) is 0 Å². The van der Waals surface area contributed by atoms with Crippen molar-refractivity contribution in [3.05, 3.63) is 60.2 Å². The molecule has 0 unspecified atom stereocenters. The molecule has 0 spiro atoms. The van der Waals surface area contributed by atoms with E-state index in [1.54, 1.807) is 0 Å². The maximum absolute atomic E-state index is 10.5. The zero-order valence-corrected chi connectivity index (χ0v) is 11.6. The van der Waals surface area contributed by atoms with Crippen LogP contribution in [0.1, 0.15) is 5.56 Å². The Morgan fingerprint density at radius 2 is 1.48 bits per heavy atom. The van der Waals surface area contributed by atoms with Gasteiger partial charge < -0.3 is 10.1 Å². The van der Waals surface area contributed by atoms with E-state index in [1.165, 1.54) is 37.9 Å². The summed E-state index contributed by atoms with van der Waals surface area (Å²) in [7, 11) is 0. The molecule has 1 N–H and O–H groups in total. The van der Waals surface area contributed by atoms with E-state index in [2.05, 4.69) is 59.9 Å². The smallest absolute Gasteiger partial charge is 0.133 e. The number of rotatable bonds is 4. The maximum atomic E-state index is 10.5. The molecule has 21 heavy (non-hydrogen) atoms. The summed E-state index contributed by atoms with van der Waals surface area (Å²) in [6.45, 7) is 1.11. The predicted molar refractivity (Wildman–Crippen MR) is 87.9 cm³/mol. The highest BCUT2D eigenvalue weighted by molar-refractivity contribution is 6.23. The second-order valence-corrected chi connectivity index (χ2v) is 5.38. The highest BCUT2D eigenvalue weighted by Gasteiger charge is 2.10. The first kappa shape index (κ1) is 12.3. The van der Waals surface area contributed by atoms with Crippen molar-refractivity contribution in [1.29, 1.82) is 0 Å². The van der Waals surface area contributed by atoms with Gasteiger partial charge >= 0.3 is 0 Å². The first-order valence-corrected chi connectivity index (χ1v) is 7.18. The molecule has 0 radical (unpaired) electrons. The predicted octanol–water partition coefficient (Wildman–Crippen LogP) is 3.87. The topological polar surface area (TPSA) is 29.1 Å². The van der Waals surface area contributed by atoms with Crippen molar-refractivity contribution in [2.75, 3.05) is 6.54 Å². The van der Waals surface area contributed by atoms with Crippen LogP contribution in [0.3, 0.4) is 0 Å². The Labute approximate surface area is 122 Å². The monoisotopic (exact) mass is 273 g/mol. The minimum absolute atomic E-state index is 0.391. The number of carbonyl (C=O) groups is 1. The number of hydrogen-bond donors (Lipinski definition) is 1. The van der Waals surface area contributed by atoms with Gasteiger partial charge in [0.15, 0.2) is 0 Å². The molecule has 0 saturated heterocycles. The first-order valence-electron chi connectivity index (χ1n) is 7.18. The molecule has 2 nitrogen and oxygen atoms in total. The van der Waals surface area contributed by atoms with Gasteiger partial charge in [-0.1, -0.05) is 54.6 Å². The lowest BCUT2D eigenvalue weighted by Crippen LogP contribution is -2.15. The molecule has 0 fully saturated rings. The molecule has 0 amide bonds. The minimum atomic E-state index is 0.391. The van der Waals surface area contributed by atoms with Gasteiger partial charge in [-0.2, -0.15) is 0 Å². The molecule has 0 atom stereocenters. The van der Waals surface area contributed by atoms with Crippen molar-refractivity contribution in [3.8, 4) is 0 Å². The Hall–Kier alpha value is -2.45. The van der Waals surface area contributed by atoms with Gasteiger partial charge in [0.05, 0.1) is 6.54 Å². The van der Waals surface area contributed by atoms with Gasteiger partial charge in [0.25, 0.3) is 0 Å². The van der Waals surface area contributed by atoms with Crippen molar-refractivity contribution < 1.29 is 4.79 Å². The molecule has 4 aromatic rings. The van der Waals surface area contributed by atoms with Crippen LogP contribution in [0.25, 0.3) is 32.3 Å². The molecule has 0 aromatic heterocycles. The number of benzene rings is 4. The molecular weight excluding hydrogens is 258 g/mol. The van der Waals surface area contributed by atoms with Crippen molar-refractivity contribution >= 4 is 38.6 Å². The molecular formula is C19H15NO. The van der Waals surface area contributed by atoms with Crippen LogP contribution in [-0.2, 0) is 11.3 Å². The molecule has 4 rings (SSSR count). The Bertz CT molecular complexity index is 926. The molecule has 0 heterocycles. The van der Waals surface area contributed by atoms with Crippen molar-refractivity contribution in [1.82, 2.24) is 5.32 Å². The van der Waals surface area contributed by atoms with E-state index in [1.807, 2.05) is 0 Å². The fraction of sp³-hybridized carbons (Fsp3) is 0.105. The highest BCUT2D eigenvalue weighted by atomic mass is 16.1. The molecule has 0 aliphatic carbocycles. The third-order valence-corrected chi connectivity index (χ3v) is 4.16. The van der Waals surface area contributed by atoms with E-state index in [0.717, 1.165) is 6.29 Å². The summed E-state index contributed by atoms with van der Waals surface area (Å²) in [5, 5.41) is 10.9. The summed E-state index contributed by atoms with van der Waals surface area (Å²) in [6.07, 6.45) is 0.899. The largest absolute Gasteiger partial charge is 0.306 e. The fourth-order valence-corrected chi connectivity index (χ4v) is 3.22.